The van der Waals surface area contributed by atoms with Gasteiger partial charge in [0.25, 0.3) is 0 Å². The zero-order valence-corrected chi connectivity index (χ0v) is 15.5. The molecule has 25 heavy (non-hydrogen) atoms. The van der Waals surface area contributed by atoms with E-state index in [0.717, 1.165) is 16.9 Å². The maximum absolute atomic E-state index is 12.3. The first-order valence-corrected chi connectivity index (χ1v) is 8.66. The number of likely N-dealkylation sites (N-methyl/N-ethyl adjacent to an activating group) is 1. The number of halogens is 1. The number of carbonyl (C=O) groups is 2. The average Bonchev–Trinajstić information content (AvgIpc) is 2.56. The van der Waals surface area contributed by atoms with Crippen LogP contribution in [0, 0.1) is 0 Å². The number of ether oxygens (including phenoxy) is 1. The van der Waals surface area contributed by atoms with E-state index in [0.29, 0.717) is 18.2 Å². The Bertz CT molecular complexity index is 711. The average molecular weight is 363 g/mol. The van der Waals surface area contributed by atoms with Gasteiger partial charge in [-0.1, -0.05) is 17.7 Å². The minimum atomic E-state index is -0.209. The smallest absolute Gasteiger partial charge is 0.247 e. The molecule has 1 aromatic carbocycles. The lowest BCUT2D eigenvalue weighted by atomic mass is 10.1. The summed E-state index contributed by atoms with van der Waals surface area (Å²) in [6, 6.07) is 5.47. The molecule has 1 heterocycles. The zero-order chi connectivity index (χ0) is 18.4. The SMILES string of the molecule is CCN(CC(=O)NC(C)C)C(=O)C=CC1=Cc2cc(Cl)ccc2OC1. The number of nitrogens with one attached hydrogen (secondary N) is 1. The van der Waals surface area contributed by atoms with Crippen LogP contribution in [0.2, 0.25) is 5.02 Å². The van der Waals surface area contributed by atoms with Crippen LogP contribution in [-0.2, 0) is 9.59 Å². The second kappa shape index (κ2) is 8.72. The van der Waals surface area contributed by atoms with Crippen LogP contribution in [0.1, 0.15) is 26.3 Å². The molecule has 1 aromatic rings. The van der Waals surface area contributed by atoms with Crippen molar-refractivity contribution in [3.8, 4) is 5.75 Å². The number of nitrogens with zero attached hydrogens (tertiary/aromatic N) is 1. The Morgan fingerprint density at radius 3 is 2.84 bits per heavy atom. The minimum Gasteiger partial charge on any atom is -0.488 e. The molecule has 0 bridgehead atoms. The van der Waals surface area contributed by atoms with Crippen LogP contribution in [0.4, 0.5) is 0 Å². The van der Waals surface area contributed by atoms with Crippen molar-refractivity contribution < 1.29 is 14.3 Å². The maximum atomic E-state index is 12.3. The second-order valence-corrected chi connectivity index (χ2v) is 6.53. The van der Waals surface area contributed by atoms with Crippen molar-refractivity contribution in [3.63, 3.8) is 0 Å². The zero-order valence-electron chi connectivity index (χ0n) is 14.7. The summed E-state index contributed by atoms with van der Waals surface area (Å²) in [5, 5.41) is 3.42. The summed E-state index contributed by atoms with van der Waals surface area (Å²) in [6.45, 7) is 6.51. The van der Waals surface area contributed by atoms with Crippen molar-refractivity contribution in [1.82, 2.24) is 10.2 Å². The van der Waals surface area contributed by atoms with Crippen LogP contribution >= 0.6 is 11.6 Å². The van der Waals surface area contributed by atoms with Gasteiger partial charge in [-0.15, -0.1) is 0 Å². The second-order valence-electron chi connectivity index (χ2n) is 6.10. The summed E-state index contributed by atoms with van der Waals surface area (Å²) in [5.74, 6) is 0.398. The Hall–Kier alpha value is -2.27. The van der Waals surface area contributed by atoms with Crippen LogP contribution in [0.3, 0.4) is 0 Å². The quantitative estimate of drug-likeness (QED) is 0.791. The standard InChI is InChI=1S/C19H23ClN2O3/c1-4-22(11-18(23)21-13(2)3)19(24)8-5-14-9-15-10-16(20)6-7-17(15)25-12-14/h5-10,13H,4,11-12H2,1-3H3,(H,21,23). The van der Waals surface area contributed by atoms with Crippen LogP contribution in [0.15, 0.2) is 35.9 Å². The van der Waals surface area contributed by atoms with Gasteiger partial charge in [0, 0.05) is 29.2 Å². The molecule has 0 spiro atoms. The van der Waals surface area contributed by atoms with Crippen molar-refractivity contribution >= 4 is 29.5 Å². The third-order valence-electron chi connectivity index (χ3n) is 3.62. The molecule has 0 fully saturated rings. The molecule has 0 saturated carbocycles. The van der Waals surface area contributed by atoms with E-state index in [1.165, 1.54) is 11.0 Å². The predicted octanol–water partition coefficient (Wildman–Crippen LogP) is 3.05. The van der Waals surface area contributed by atoms with E-state index in [-0.39, 0.29) is 24.4 Å². The van der Waals surface area contributed by atoms with Crippen molar-refractivity contribution in [2.75, 3.05) is 19.7 Å². The number of fused-ring (bicyclic) bond motifs is 1. The summed E-state index contributed by atoms with van der Waals surface area (Å²) >= 11 is 6.00. The molecule has 0 radical (unpaired) electrons. The molecule has 5 nitrogen and oxygen atoms in total. The number of rotatable bonds is 6. The highest BCUT2D eigenvalue weighted by molar-refractivity contribution is 6.30. The number of amides is 2. The Kier molecular flexibility index (Phi) is 6.65. The van der Waals surface area contributed by atoms with Gasteiger partial charge in [-0.2, -0.15) is 0 Å². The van der Waals surface area contributed by atoms with Crippen molar-refractivity contribution in [1.29, 1.82) is 0 Å². The molecule has 0 unspecified atom stereocenters. The first-order chi connectivity index (χ1) is 11.9. The van der Waals surface area contributed by atoms with E-state index in [2.05, 4.69) is 5.32 Å². The van der Waals surface area contributed by atoms with Gasteiger partial charge in [0.15, 0.2) is 0 Å². The highest BCUT2D eigenvalue weighted by atomic mass is 35.5. The number of hydrogen-bond acceptors (Lipinski definition) is 3. The largest absolute Gasteiger partial charge is 0.488 e. The van der Waals surface area contributed by atoms with E-state index in [1.807, 2.05) is 39.0 Å². The van der Waals surface area contributed by atoms with Crippen LogP contribution < -0.4 is 10.1 Å². The lowest BCUT2D eigenvalue weighted by Gasteiger charge is -2.20. The van der Waals surface area contributed by atoms with Gasteiger partial charge in [-0.3, -0.25) is 9.59 Å². The van der Waals surface area contributed by atoms with Crippen LogP contribution in [-0.4, -0.2) is 42.5 Å². The highest BCUT2D eigenvalue weighted by Gasteiger charge is 2.15. The molecule has 1 aliphatic rings. The van der Waals surface area contributed by atoms with Crippen LogP contribution in [0.5, 0.6) is 5.75 Å². The molecule has 0 saturated heterocycles. The molecule has 0 aliphatic carbocycles. The van der Waals surface area contributed by atoms with E-state index < -0.39 is 0 Å². The van der Waals surface area contributed by atoms with Crippen molar-refractivity contribution in [2.24, 2.45) is 0 Å². The Labute approximate surface area is 153 Å². The maximum Gasteiger partial charge on any atom is 0.247 e. The van der Waals surface area contributed by atoms with E-state index >= 15 is 0 Å². The summed E-state index contributed by atoms with van der Waals surface area (Å²) in [4.78, 5) is 25.6. The van der Waals surface area contributed by atoms with Gasteiger partial charge < -0.3 is 15.0 Å². The van der Waals surface area contributed by atoms with Crippen molar-refractivity contribution in [2.45, 2.75) is 26.8 Å². The van der Waals surface area contributed by atoms with Gasteiger partial charge in [-0.05, 0) is 50.6 Å². The van der Waals surface area contributed by atoms with Gasteiger partial charge in [0.2, 0.25) is 11.8 Å². The van der Waals surface area contributed by atoms with Crippen LogP contribution in [0.25, 0.3) is 6.08 Å². The summed E-state index contributed by atoms with van der Waals surface area (Å²) in [5.41, 5.74) is 1.75. The van der Waals surface area contributed by atoms with Gasteiger partial charge in [-0.25, -0.2) is 0 Å². The topological polar surface area (TPSA) is 58.6 Å². The first-order valence-electron chi connectivity index (χ1n) is 8.28. The fraction of sp³-hybridized carbons (Fsp3) is 0.368. The molecule has 0 atom stereocenters. The van der Waals surface area contributed by atoms with Crippen molar-refractivity contribution in [3.05, 3.63) is 46.5 Å². The Morgan fingerprint density at radius 2 is 2.16 bits per heavy atom. The summed E-state index contributed by atoms with van der Waals surface area (Å²) in [7, 11) is 0. The third kappa shape index (κ3) is 5.64. The molecule has 134 valence electrons. The van der Waals surface area contributed by atoms with Gasteiger partial charge in [0.1, 0.15) is 12.4 Å². The molecule has 6 heteroatoms. The third-order valence-corrected chi connectivity index (χ3v) is 3.86. The molecule has 1 N–H and O–H groups in total. The number of carbonyl (C=O) groups excluding carboxylic acids is 2. The normalized spacial score (nSPS) is 13.2. The molecule has 2 rings (SSSR count). The fourth-order valence-electron chi connectivity index (χ4n) is 2.43. The van der Waals surface area contributed by atoms with Gasteiger partial charge in [0.05, 0.1) is 6.54 Å². The molecular formula is C19H23ClN2O3. The predicted molar refractivity (Wildman–Crippen MR) is 99.6 cm³/mol. The number of hydrogen-bond donors (Lipinski definition) is 1. The lowest BCUT2D eigenvalue weighted by Crippen LogP contribution is -2.42. The molecule has 0 aromatic heterocycles. The summed E-state index contributed by atoms with van der Waals surface area (Å²) in [6.07, 6.45) is 5.13. The molecule has 2 amide bonds. The highest BCUT2D eigenvalue weighted by Crippen LogP contribution is 2.29. The van der Waals surface area contributed by atoms with E-state index in [1.54, 1.807) is 12.1 Å². The molecule has 1 aliphatic heterocycles. The molecular weight excluding hydrogens is 340 g/mol. The Morgan fingerprint density at radius 1 is 1.40 bits per heavy atom. The fourth-order valence-corrected chi connectivity index (χ4v) is 2.61. The van der Waals surface area contributed by atoms with E-state index in [9.17, 15) is 9.59 Å². The minimum absolute atomic E-state index is 0.0475. The number of benzene rings is 1. The Balaban J connectivity index is 2.02. The van der Waals surface area contributed by atoms with E-state index in [4.69, 9.17) is 16.3 Å². The van der Waals surface area contributed by atoms with Gasteiger partial charge >= 0.3 is 0 Å². The monoisotopic (exact) mass is 362 g/mol. The lowest BCUT2D eigenvalue weighted by molar-refractivity contribution is -0.132. The summed E-state index contributed by atoms with van der Waals surface area (Å²) < 4.78 is 5.65. The first kappa shape index (κ1) is 19.1.